The molecule has 0 unspecified atom stereocenters. The van der Waals surface area contributed by atoms with E-state index in [0.717, 1.165) is 0 Å². The molecule has 0 aliphatic heterocycles. The average molecular weight is 161 g/mol. The summed E-state index contributed by atoms with van der Waals surface area (Å²) in [6.07, 6.45) is 5.16. The Morgan fingerprint density at radius 1 is 1.33 bits per heavy atom. The number of allylic oxidation sites excluding steroid dienone is 3. The van der Waals surface area contributed by atoms with Crippen LogP contribution in [0.1, 0.15) is 0 Å². The van der Waals surface area contributed by atoms with E-state index in [9.17, 15) is 0 Å². The van der Waals surface area contributed by atoms with Crippen molar-refractivity contribution in [1.82, 2.24) is 0 Å². The standard InChI is InChI=1S/C5H5.Mo/c1-3-5-4-2;/h1-5H;/q-1;/b5-3-;. The van der Waals surface area contributed by atoms with Gasteiger partial charge < -0.3 is 0 Å². The molecule has 0 atom stereocenters. The van der Waals surface area contributed by atoms with E-state index in [1.807, 2.05) is 29.8 Å². The van der Waals surface area contributed by atoms with E-state index in [-0.39, 0.29) is 0 Å². The minimum atomic E-state index is 1.50. The average Bonchev–Trinajstić information content (AvgIpc) is 1.61. The molecule has 0 amide bonds. The fourth-order valence-corrected chi connectivity index (χ4v) is 0.333. The summed E-state index contributed by atoms with van der Waals surface area (Å²) in [4.78, 5) is 0. The zero-order chi connectivity index (χ0) is 4.83. The molecule has 0 aromatic heterocycles. The third kappa shape index (κ3) is 4.04. The Bertz CT molecular complexity index is 62.0. The van der Waals surface area contributed by atoms with E-state index in [4.69, 9.17) is 6.58 Å². The van der Waals surface area contributed by atoms with Crippen molar-refractivity contribution in [3.05, 3.63) is 24.8 Å². The van der Waals surface area contributed by atoms with Gasteiger partial charge in [0, 0.05) is 0 Å². The van der Waals surface area contributed by atoms with E-state index in [1.165, 1.54) is 6.08 Å². The molecule has 0 rings (SSSR count). The molecule has 0 fully saturated rings. The SMILES string of the molecule is [CH-]=C/C=C\[CH]=[Mo]. The summed E-state index contributed by atoms with van der Waals surface area (Å²) in [6, 6.07) is 0. The molecule has 0 aromatic rings. The van der Waals surface area contributed by atoms with E-state index < -0.39 is 0 Å². The number of rotatable bonds is 2. The zero-order valence-electron chi connectivity index (χ0n) is 3.29. The van der Waals surface area contributed by atoms with Gasteiger partial charge in [-0.2, -0.15) is 0 Å². The van der Waals surface area contributed by atoms with Crippen molar-refractivity contribution in [2.24, 2.45) is 0 Å². The van der Waals surface area contributed by atoms with Gasteiger partial charge in [0.2, 0.25) is 0 Å². The third-order valence-corrected chi connectivity index (χ3v) is 0.687. The molecule has 1 heteroatoms. The van der Waals surface area contributed by atoms with Gasteiger partial charge in [-0.25, -0.2) is 0 Å². The van der Waals surface area contributed by atoms with Crippen LogP contribution in [0.25, 0.3) is 0 Å². The third-order valence-electron chi connectivity index (χ3n) is 0.301. The molecule has 0 aromatic carbocycles. The Morgan fingerprint density at radius 3 is 2.17 bits per heavy atom. The zero-order valence-corrected chi connectivity index (χ0v) is 5.30. The van der Waals surface area contributed by atoms with Gasteiger partial charge in [-0.05, 0) is 0 Å². The molecule has 0 bridgehead atoms. The second-order valence-corrected chi connectivity index (χ2v) is 1.38. The molecule has 0 saturated heterocycles. The summed E-state index contributed by atoms with van der Waals surface area (Å²) in [7, 11) is 0. The molecule has 0 aliphatic rings. The van der Waals surface area contributed by atoms with Crippen LogP contribution in [-0.4, -0.2) is 4.40 Å². The van der Waals surface area contributed by atoms with Gasteiger partial charge in [-0.15, -0.1) is 0 Å². The first-order chi connectivity index (χ1) is 2.91. The molecule has 0 aliphatic carbocycles. The second kappa shape index (κ2) is 5.04. The molecular weight excluding hydrogens is 156 g/mol. The van der Waals surface area contributed by atoms with Gasteiger partial charge in [-0.3, -0.25) is 0 Å². The van der Waals surface area contributed by atoms with Crippen LogP contribution in [0.2, 0.25) is 0 Å². The first-order valence-electron chi connectivity index (χ1n) is 1.57. The van der Waals surface area contributed by atoms with Gasteiger partial charge in [0.15, 0.2) is 0 Å². The molecule has 0 heterocycles. The fourth-order valence-electron chi connectivity index (χ4n) is 0.110. The van der Waals surface area contributed by atoms with Crippen molar-refractivity contribution >= 4 is 4.40 Å². The minimum absolute atomic E-state index is 1.50. The molecule has 32 valence electrons. The maximum atomic E-state index is 4.98. The predicted octanol–water partition coefficient (Wildman–Crippen LogP) is 0.881. The molecule has 0 saturated carbocycles. The van der Waals surface area contributed by atoms with Crippen LogP contribution in [0.15, 0.2) is 18.2 Å². The second-order valence-electron chi connectivity index (χ2n) is 0.713. The molecule has 0 nitrogen and oxygen atoms in total. The summed E-state index contributed by atoms with van der Waals surface area (Å²) >= 11 is 1.88. The number of hydrogen-bond acceptors (Lipinski definition) is 0. The van der Waals surface area contributed by atoms with E-state index in [0.29, 0.717) is 0 Å². The van der Waals surface area contributed by atoms with Crippen LogP contribution in [-0.2, 0) is 19.4 Å². The maximum absolute atomic E-state index is 4.98. The molecular formula is C5H5Mo-. The molecule has 0 N–H and O–H groups in total. The van der Waals surface area contributed by atoms with Crippen molar-refractivity contribution < 1.29 is 19.4 Å². The Balaban J connectivity index is 3.17. The van der Waals surface area contributed by atoms with E-state index in [2.05, 4.69) is 0 Å². The Hall–Kier alpha value is 0.0383. The quantitative estimate of drug-likeness (QED) is 0.320. The van der Waals surface area contributed by atoms with Crippen molar-refractivity contribution in [3.8, 4) is 0 Å². The summed E-state index contributed by atoms with van der Waals surface area (Å²) in [5.74, 6) is 0. The summed E-state index contributed by atoms with van der Waals surface area (Å²) in [5, 5.41) is 0. The normalized spacial score (nSPS) is 8.67. The van der Waals surface area contributed by atoms with Gasteiger partial charge in [0.25, 0.3) is 0 Å². The monoisotopic (exact) mass is 163 g/mol. The van der Waals surface area contributed by atoms with Crippen molar-refractivity contribution in [3.63, 3.8) is 0 Å². The van der Waals surface area contributed by atoms with Gasteiger partial charge in [0.1, 0.15) is 0 Å². The molecule has 0 radical (unpaired) electrons. The van der Waals surface area contributed by atoms with Crippen molar-refractivity contribution in [2.75, 3.05) is 0 Å². The topological polar surface area (TPSA) is 0 Å². The molecule has 6 heavy (non-hydrogen) atoms. The summed E-state index contributed by atoms with van der Waals surface area (Å²) in [5.41, 5.74) is 0. The van der Waals surface area contributed by atoms with Crippen LogP contribution >= 0.6 is 0 Å². The Labute approximate surface area is 49.0 Å². The van der Waals surface area contributed by atoms with Crippen LogP contribution < -0.4 is 0 Å². The van der Waals surface area contributed by atoms with E-state index in [1.54, 1.807) is 6.08 Å². The van der Waals surface area contributed by atoms with Gasteiger partial charge in [-0.1, -0.05) is 0 Å². The van der Waals surface area contributed by atoms with Crippen LogP contribution in [0.4, 0.5) is 0 Å². The Morgan fingerprint density at radius 2 is 2.00 bits per heavy atom. The summed E-state index contributed by atoms with van der Waals surface area (Å²) in [6.45, 7) is 4.98. The van der Waals surface area contributed by atoms with Gasteiger partial charge in [0.05, 0.1) is 0 Å². The number of hydrogen-bond donors (Lipinski definition) is 0. The molecule has 0 spiro atoms. The van der Waals surface area contributed by atoms with Gasteiger partial charge >= 0.3 is 48.6 Å². The fraction of sp³-hybridized carbons (Fsp3) is 0. The van der Waals surface area contributed by atoms with Crippen LogP contribution in [0.5, 0.6) is 0 Å². The first-order valence-corrected chi connectivity index (χ1v) is 2.73. The Kier molecular flexibility index (Phi) is 5.07. The van der Waals surface area contributed by atoms with Crippen LogP contribution in [0, 0.1) is 6.58 Å². The summed E-state index contributed by atoms with van der Waals surface area (Å²) < 4.78 is 1.93. The van der Waals surface area contributed by atoms with Crippen LogP contribution in [0.3, 0.4) is 0 Å². The first kappa shape index (κ1) is 6.04. The van der Waals surface area contributed by atoms with E-state index >= 15 is 0 Å². The van der Waals surface area contributed by atoms with Crippen molar-refractivity contribution in [2.45, 2.75) is 0 Å². The van der Waals surface area contributed by atoms with Crippen molar-refractivity contribution in [1.29, 1.82) is 0 Å². The predicted molar refractivity (Wildman–Crippen MR) is 24.1 cm³/mol.